The lowest BCUT2D eigenvalue weighted by molar-refractivity contribution is 0.414. The minimum absolute atomic E-state index is 0.438. The van der Waals surface area contributed by atoms with Gasteiger partial charge in [-0.2, -0.15) is 0 Å². The fourth-order valence-corrected chi connectivity index (χ4v) is 2.00. The van der Waals surface area contributed by atoms with Gasteiger partial charge in [0.25, 0.3) is 0 Å². The minimum atomic E-state index is 0.438. The third-order valence-corrected chi connectivity index (χ3v) is 3.85. The molecule has 1 N–H and O–H groups in total. The van der Waals surface area contributed by atoms with Gasteiger partial charge in [0.2, 0.25) is 0 Å². The Morgan fingerprint density at radius 3 is 2.69 bits per heavy atom. The molecule has 0 saturated heterocycles. The second kappa shape index (κ2) is 4.17. The third-order valence-electron chi connectivity index (χ3n) is 3.62. The number of hydrogen-bond donors (Lipinski definition) is 1. The highest BCUT2D eigenvalue weighted by Crippen LogP contribution is 2.49. The van der Waals surface area contributed by atoms with Gasteiger partial charge in [-0.25, -0.2) is 0 Å². The number of nitrogens with one attached hydrogen (secondary N) is 1. The minimum Gasteiger partial charge on any atom is -0.495 e. The van der Waals surface area contributed by atoms with E-state index in [2.05, 4.69) is 19.2 Å². The van der Waals surface area contributed by atoms with Gasteiger partial charge in [-0.05, 0) is 43.4 Å². The average molecular weight is 240 g/mol. The zero-order valence-corrected chi connectivity index (χ0v) is 10.8. The molecule has 0 heterocycles. The van der Waals surface area contributed by atoms with Gasteiger partial charge in [-0.1, -0.05) is 18.5 Å². The first kappa shape index (κ1) is 11.6. The number of ether oxygens (including phenoxy) is 1. The Bertz CT molecular complexity index is 388. The van der Waals surface area contributed by atoms with Gasteiger partial charge in [0, 0.05) is 11.1 Å². The molecule has 2 rings (SSSR count). The molecule has 0 aromatic heterocycles. The van der Waals surface area contributed by atoms with E-state index in [9.17, 15) is 0 Å². The standard InChI is InChI=1S/C13H18ClNO/c1-9(13(2)6-7-13)15-11-8-10(14)4-5-12(11)16-3/h4-5,8-9,15H,6-7H2,1-3H3. The Morgan fingerprint density at radius 2 is 2.12 bits per heavy atom. The van der Waals surface area contributed by atoms with Gasteiger partial charge < -0.3 is 10.1 Å². The summed E-state index contributed by atoms with van der Waals surface area (Å²) in [4.78, 5) is 0. The van der Waals surface area contributed by atoms with Crippen LogP contribution in [0.15, 0.2) is 18.2 Å². The summed E-state index contributed by atoms with van der Waals surface area (Å²) in [7, 11) is 1.68. The first-order valence-electron chi connectivity index (χ1n) is 5.65. The monoisotopic (exact) mass is 239 g/mol. The summed E-state index contributed by atoms with van der Waals surface area (Å²) in [6, 6.07) is 6.10. The highest BCUT2D eigenvalue weighted by Gasteiger charge is 2.42. The molecule has 1 saturated carbocycles. The molecule has 0 spiro atoms. The zero-order valence-electron chi connectivity index (χ0n) is 10.0. The van der Waals surface area contributed by atoms with Crippen LogP contribution >= 0.6 is 11.6 Å². The first-order chi connectivity index (χ1) is 7.55. The van der Waals surface area contributed by atoms with E-state index >= 15 is 0 Å². The van der Waals surface area contributed by atoms with Crippen LogP contribution < -0.4 is 10.1 Å². The van der Waals surface area contributed by atoms with E-state index in [1.807, 2.05) is 18.2 Å². The van der Waals surface area contributed by atoms with Gasteiger partial charge in [0.15, 0.2) is 0 Å². The first-order valence-corrected chi connectivity index (χ1v) is 6.03. The van der Waals surface area contributed by atoms with Crippen LogP contribution in [-0.4, -0.2) is 13.2 Å². The topological polar surface area (TPSA) is 21.3 Å². The summed E-state index contributed by atoms with van der Waals surface area (Å²) >= 11 is 5.99. The van der Waals surface area contributed by atoms with Gasteiger partial charge in [-0.3, -0.25) is 0 Å². The van der Waals surface area contributed by atoms with Gasteiger partial charge >= 0.3 is 0 Å². The molecule has 16 heavy (non-hydrogen) atoms. The van der Waals surface area contributed by atoms with Crippen molar-refractivity contribution < 1.29 is 4.74 Å². The molecule has 3 heteroatoms. The molecule has 0 bridgehead atoms. The van der Waals surface area contributed by atoms with Crippen molar-refractivity contribution in [1.82, 2.24) is 0 Å². The lowest BCUT2D eigenvalue weighted by Gasteiger charge is -2.23. The molecule has 2 nitrogen and oxygen atoms in total. The van der Waals surface area contributed by atoms with E-state index in [0.717, 1.165) is 16.5 Å². The zero-order chi connectivity index (χ0) is 11.8. The Balaban J connectivity index is 2.16. The van der Waals surface area contributed by atoms with Gasteiger partial charge in [0.1, 0.15) is 5.75 Å². The maximum absolute atomic E-state index is 5.99. The van der Waals surface area contributed by atoms with Crippen LogP contribution in [0.3, 0.4) is 0 Å². The van der Waals surface area contributed by atoms with E-state index in [1.165, 1.54) is 12.8 Å². The average Bonchev–Trinajstić information content (AvgIpc) is 2.98. The summed E-state index contributed by atoms with van der Waals surface area (Å²) in [5, 5.41) is 4.23. The Kier molecular flexibility index (Phi) is 3.02. The van der Waals surface area contributed by atoms with Crippen LogP contribution in [0, 0.1) is 5.41 Å². The van der Waals surface area contributed by atoms with Crippen LogP contribution in [0.2, 0.25) is 5.02 Å². The fourth-order valence-electron chi connectivity index (χ4n) is 1.83. The number of rotatable bonds is 4. The summed E-state index contributed by atoms with van der Waals surface area (Å²) in [6.07, 6.45) is 2.59. The number of anilines is 1. The molecule has 1 atom stereocenters. The quantitative estimate of drug-likeness (QED) is 0.859. The highest BCUT2D eigenvalue weighted by atomic mass is 35.5. The molecule has 88 valence electrons. The summed E-state index contributed by atoms with van der Waals surface area (Å²) < 4.78 is 5.31. The van der Waals surface area contributed by atoms with E-state index < -0.39 is 0 Å². The lowest BCUT2D eigenvalue weighted by Crippen LogP contribution is -2.25. The molecule has 1 aliphatic rings. The molecule has 1 aromatic carbocycles. The van der Waals surface area contributed by atoms with Crippen molar-refractivity contribution in [3.05, 3.63) is 23.2 Å². The molecule has 1 fully saturated rings. The summed E-state index contributed by atoms with van der Waals surface area (Å²) in [6.45, 7) is 4.52. The van der Waals surface area contributed by atoms with Crippen molar-refractivity contribution in [3.63, 3.8) is 0 Å². The van der Waals surface area contributed by atoms with Crippen molar-refractivity contribution in [1.29, 1.82) is 0 Å². The summed E-state index contributed by atoms with van der Waals surface area (Å²) in [5.41, 5.74) is 1.42. The van der Waals surface area contributed by atoms with Crippen LogP contribution in [0.5, 0.6) is 5.75 Å². The van der Waals surface area contributed by atoms with E-state index in [4.69, 9.17) is 16.3 Å². The summed E-state index contributed by atoms with van der Waals surface area (Å²) in [5.74, 6) is 0.848. The van der Waals surface area contributed by atoms with E-state index in [0.29, 0.717) is 11.5 Å². The van der Waals surface area contributed by atoms with Crippen molar-refractivity contribution >= 4 is 17.3 Å². The second-order valence-electron chi connectivity index (χ2n) is 4.86. The normalized spacial score (nSPS) is 19.0. The molecule has 1 aliphatic carbocycles. The van der Waals surface area contributed by atoms with Crippen molar-refractivity contribution in [3.8, 4) is 5.75 Å². The van der Waals surface area contributed by atoms with Gasteiger partial charge in [-0.15, -0.1) is 0 Å². The molecule has 1 aromatic rings. The second-order valence-corrected chi connectivity index (χ2v) is 5.30. The molecule has 0 aliphatic heterocycles. The van der Waals surface area contributed by atoms with Gasteiger partial charge in [0.05, 0.1) is 12.8 Å². The van der Waals surface area contributed by atoms with Crippen LogP contribution in [0.25, 0.3) is 0 Å². The maximum Gasteiger partial charge on any atom is 0.142 e. The SMILES string of the molecule is COc1ccc(Cl)cc1NC(C)C1(C)CC1. The Hall–Kier alpha value is -0.890. The molecule has 0 radical (unpaired) electrons. The number of halogens is 1. The third kappa shape index (κ3) is 2.27. The predicted octanol–water partition coefficient (Wildman–Crippen LogP) is 3.95. The molecule has 0 amide bonds. The van der Waals surface area contributed by atoms with Crippen molar-refractivity contribution in [2.45, 2.75) is 32.7 Å². The smallest absolute Gasteiger partial charge is 0.142 e. The Morgan fingerprint density at radius 1 is 1.44 bits per heavy atom. The van der Waals surface area contributed by atoms with Crippen molar-refractivity contribution in [2.75, 3.05) is 12.4 Å². The van der Waals surface area contributed by atoms with E-state index in [1.54, 1.807) is 7.11 Å². The fraction of sp³-hybridized carbons (Fsp3) is 0.538. The Labute approximate surface area is 102 Å². The number of benzene rings is 1. The van der Waals surface area contributed by atoms with Crippen LogP contribution in [-0.2, 0) is 0 Å². The predicted molar refractivity (Wildman–Crippen MR) is 68.4 cm³/mol. The molecular formula is C13H18ClNO. The number of hydrogen-bond acceptors (Lipinski definition) is 2. The van der Waals surface area contributed by atoms with Crippen LogP contribution in [0.4, 0.5) is 5.69 Å². The molecule has 1 unspecified atom stereocenters. The van der Waals surface area contributed by atoms with Crippen molar-refractivity contribution in [2.24, 2.45) is 5.41 Å². The van der Waals surface area contributed by atoms with Crippen LogP contribution in [0.1, 0.15) is 26.7 Å². The lowest BCUT2D eigenvalue weighted by atomic mass is 10.0. The largest absolute Gasteiger partial charge is 0.495 e. The maximum atomic E-state index is 5.99. The highest BCUT2D eigenvalue weighted by molar-refractivity contribution is 6.30. The van der Waals surface area contributed by atoms with E-state index in [-0.39, 0.29) is 0 Å². The number of methoxy groups -OCH3 is 1. The molecular weight excluding hydrogens is 222 g/mol.